The van der Waals surface area contributed by atoms with Crippen molar-refractivity contribution in [2.24, 2.45) is 10.8 Å². The SMILES string of the molecule is O=C(Cl)C1(C(=O)Cl)CCCCC1(C(=O)Cl)C(=O)Cl. The highest BCUT2D eigenvalue weighted by Crippen LogP contribution is 2.55. The third-order valence-electron chi connectivity index (χ3n) is 3.42. The second kappa shape index (κ2) is 5.45. The summed E-state index contributed by atoms with van der Waals surface area (Å²) in [7, 11) is 0. The number of carbonyl (C=O) groups excluding carboxylic acids is 4. The molecule has 18 heavy (non-hydrogen) atoms. The molecule has 0 radical (unpaired) electrons. The largest absolute Gasteiger partial charge is 0.280 e. The average molecular weight is 334 g/mol. The number of hydrogen-bond acceptors (Lipinski definition) is 4. The second-order valence-corrected chi connectivity index (χ2v) is 5.49. The van der Waals surface area contributed by atoms with Crippen molar-refractivity contribution in [2.45, 2.75) is 25.7 Å². The van der Waals surface area contributed by atoms with Crippen molar-refractivity contribution in [3.63, 3.8) is 0 Å². The molecule has 0 aliphatic heterocycles. The highest BCUT2D eigenvalue weighted by atomic mass is 35.5. The third kappa shape index (κ3) is 1.99. The summed E-state index contributed by atoms with van der Waals surface area (Å²) in [6.07, 6.45) is 0.559. The summed E-state index contributed by atoms with van der Waals surface area (Å²) in [6.45, 7) is 0. The van der Waals surface area contributed by atoms with E-state index in [1.165, 1.54) is 0 Å². The van der Waals surface area contributed by atoms with E-state index in [1.807, 2.05) is 0 Å². The molecule has 4 nitrogen and oxygen atoms in total. The van der Waals surface area contributed by atoms with Gasteiger partial charge in [-0.05, 0) is 59.2 Å². The molecule has 1 rings (SSSR count). The molecule has 1 fully saturated rings. The van der Waals surface area contributed by atoms with Gasteiger partial charge >= 0.3 is 0 Å². The fraction of sp³-hybridized carbons (Fsp3) is 0.600. The summed E-state index contributed by atoms with van der Waals surface area (Å²) in [5.74, 6) is 0. The van der Waals surface area contributed by atoms with E-state index in [-0.39, 0.29) is 12.8 Å². The number of hydrogen-bond donors (Lipinski definition) is 0. The van der Waals surface area contributed by atoms with Crippen LogP contribution in [0.4, 0.5) is 0 Å². The average Bonchev–Trinajstić information content (AvgIpc) is 2.27. The van der Waals surface area contributed by atoms with Crippen LogP contribution in [-0.2, 0) is 19.2 Å². The summed E-state index contributed by atoms with van der Waals surface area (Å²) < 4.78 is 0. The zero-order valence-corrected chi connectivity index (χ0v) is 12.0. The highest BCUT2D eigenvalue weighted by molar-refractivity contribution is 6.80. The molecule has 8 heteroatoms. The Kier molecular flexibility index (Phi) is 4.81. The molecule has 0 atom stereocenters. The van der Waals surface area contributed by atoms with E-state index in [0.717, 1.165) is 0 Å². The maximum atomic E-state index is 11.6. The lowest BCUT2D eigenvalue weighted by Gasteiger charge is -2.44. The van der Waals surface area contributed by atoms with Crippen LogP contribution in [0.15, 0.2) is 0 Å². The molecule has 0 bridgehead atoms. The van der Waals surface area contributed by atoms with Gasteiger partial charge in [0, 0.05) is 0 Å². The first-order valence-corrected chi connectivity index (χ1v) is 6.54. The van der Waals surface area contributed by atoms with Gasteiger partial charge in [0.25, 0.3) is 0 Å². The van der Waals surface area contributed by atoms with Crippen LogP contribution in [0.2, 0.25) is 0 Å². The monoisotopic (exact) mass is 332 g/mol. The van der Waals surface area contributed by atoms with Crippen LogP contribution in [-0.4, -0.2) is 21.0 Å². The molecule has 0 aromatic carbocycles. The lowest BCUT2D eigenvalue weighted by Crippen LogP contribution is -2.58. The summed E-state index contributed by atoms with van der Waals surface area (Å²) in [6, 6.07) is 0. The Morgan fingerprint density at radius 1 is 0.611 bits per heavy atom. The predicted molar refractivity (Wildman–Crippen MR) is 66.8 cm³/mol. The predicted octanol–water partition coefficient (Wildman–Crippen LogP) is 2.59. The van der Waals surface area contributed by atoms with Gasteiger partial charge in [-0.25, -0.2) is 0 Å². The van der Waals surface area contributed by atoms with Gasteiger partial charge in [-0.1, -0.05) is 12.8 Å². The molecule has 1 saturated carbocycles. The minimum Gasteiger partial charge on any atom is -0.280 e. The molecular weight excluding hydrogens is 326 g/mol. The number of halogens is 4. The van der Waals surface area contributed by atoms with E-state index in [0.29, 0.717) is 12.8 Å². The molecular formula is C10H8Cl4O4. The molecule has 0 N–H and O–H groups in total. The van der Waals surface area contributed by atoms with Crippen LogP contribution in [0.1, 0.15) is 25.7 Å². The van der Waals surface area contributed by atoms with Crippen LogP contribution < -0.4 is 0 Å². The standard InChI is InChI=1S/C10H8Cl4O4/c11-5(15)9(6(12)16)3-1-2-4-10(9,7(13)17)8(14)18/h1-4H2. The quantitative estimate of drug-likeness (QED) is 0.585. The number of rotatable bonds is 4. The van der Waals surface area contributed by atoms with Crippen molar-refractivity contribution >= 4 is 67.4 Å². The van der Waals surface area contributed by atoms with Crippen molar-refractivity contribution in [1.82, 2.24) is 0 Å². The van der Waals surface area contributed by atoms with Gasteiger partial charge in [0.1, 0.15) is 10.8 Å². The lowest BCUT2D eigenvalue weighted by atomic mass is 9.58. The first kappa shape index (κ1) is 15.9. The Morgan fingerprint density at radius 2 is 0.833 bits per heavy atom. The van der Waals surface area contributed by atoms with Gasteiger partial charge in [-0.2, -0.15) is 0 Å². The molecule has 0 saturated heterocycles. The summed E-state index contributed by atoms with van der Waals surface area (Å²) in [5, 5.41) is -4.76. The molecule has 0 amide bonds. The second-order valence-electron chi connectivity index (χ2n) is 4.11. The number of carbonyl (C=O) groups is 4. The first-order chi connectivity index (χ1) is 8.23. The Morgan fingerprint density at radius 3 is 1.00 bits per heavy atom. The van der Waals surface area contributed by atoms with Crippen LogP contribution in [0.5, 0.6) is 0 Å². The highest BCUT2D eigenvalue weighted by Gasteiger charge is 2.68. The van der Waals surface area contributed by atoms with Gasteiger partial charge in [0.2, 0.25) is 21.0 Å². The molecule has 0 heterocycles. The van der Waals surface area contributed by atoms with E-state index < -0.39 is 31.8 Å². The van der Waals surface area contributed by atoms with Crippen molar-refractivity contribution < 1.29 is 19.2 Å². The lowest BCUT2D eigenvalue weighted by molar-refractivity contribution is -0.157. The van der Waals surface area contributed by atoms with Crippen molar-refractivity contribution in [3.05, 3.63) is 0 Å². The molecule has 1 aliphatic carbocycles. The molecule has 100 valence electrons. The van der Waals surface area contributed by atoms with Crippen LogP contribution in [0, 0.1) is 10.8 Å². The van der Waals surface area contributed by atoms with E-state index in [4.69, 9.17) is 46.4 Å². The van der Waals surface area contributed by atoms with Crippen molar-refractivity contribution in [3.8, 4) is 0 Å². The van der Waals surface area contributed by atoms with E-state index in [2.05, 4.69) is 0 Å². The van der Waals surface area contributed by atoms with Gasteiger partial charge in [0.05, 0.1) is 0 Å². The van der Waals surface area contributed by atoms with Crippen LogP contribution >= 0.6 is 46.4 Å². The molecule has 1 aliphatic rings. The van der Waals surface area contributed by atoms with Gasteiger partial charge in [-0.15, -0.1) is 0 Å². The maximum Gasteiger partial charge on any atom is 0.238 e. The smallest absolute Gasteiger partial charge is 0.238 e. The van der Waals surface area contributed by atoms with Gasteiger partial charge in [-0.3, -0.25) is 19.2 Å². The summed E-state index contributed by atoms with van der Waals surface area (Å²) in [5.41, 5.74) is -4.35. The van der Waals surface area contributed by atoms with Crippen molar-refractivity contribution in [2.75, 3.05) is 0 Å². The molecule has 0 spiro atoms. The maximum absolute atomic E-state index is 11.6. The third-order valence-corrected chi connectivity index (χ3v) is 4.71. The zero-order chi connectivity index (χ0) is 14.1. The van der Waals surface area contributed by atoms with Gasteiger partial charge in [0.15, 0.2) is 0 Å². The minimum atomic E-state index is -2.17. The topological polar surface area (TPSA) is 68.3 Å². The Bertz CT molecular complexity index is 364. The Balaban J connectivity index is 3.61. The fourth-order valence-electron chi connectivity index (χ4n) is 2.43. The summed E-state index contributed by atoms with van der Waals surface area (Å²) >= 11 is 21.7. The van der Waals surface area contributed by atoms with E-state index >= 15 is 0 Å². The van der Waals surface area contributed by atoms with Crippen LogP contribution in [0.25, 0.3) is 0 Å². The molecule has 0 unspecified atom stereocenters. The summed E-state index contributed by atoms with van der Waals surface area (Å²) in [4.78, 5) is 46.5. The van der Waals surface area contributed by atoms with Crippen LogP contribution in [0.3, 0.4) is 0 Å². The Hall–Kier alpha value is -0.160. The van der Waals surface area contributed by atoms with E-state index in [1.54, 1.807) is 0 Å². The normalized spacial score (nSPS) is 21.1. The fourth-order valence-corrected chi connectivity index (χ4v) is 3.89. The first-order valence-electron chi connectivity index (χ1n) is 5.03. The zero-order valence-electron chi connectivity index (χ0n) is 8.97. The minimum absolute atomic E-state index is 0.130. The van der Waals surface area contributed by atoms with Gasteiger partial charge < -0.3 is 0 Å². The van der Waals surface area contributed by atoms with E-state index in [9.17, 15) is 19.2 Å². The molecule has 0 aromatic heterocycles. The molecule has 0 aromatic rings. The van der Waals surface area contributed by atoms with Crippen molar-refractivity contribution in [1.29, 1.82) is 0 Å². The Labute approximate surface area is 123 Å².